The molecule has 0 bridgehead atoms. The first kappa shape index (κ1) is 33.4. The lowest BCUT2D eigenvalue weighted by molar-refractivity contribution is -0.140. The number of hydrogen-bond acceptors (Lipinski definition) is 4. The zero-order chi connectivity index (χ0) is 31.0. The molecular weight excluding hydrogens is 593 g/mol. The fraction of sp³-hybridized carbons (Fsp3) is 0.375. The van der Waals surface area contributed by atoms with E-state index in [9.17, 15) is 18.0 Å². The smallest absolute Gasteiger partial charge is 0.244 e. The molecular formula is C32H39Cl2N3O4S. The van der Waals surface area contributed by atoms with Gasteiger partial charge in [0.1, 0.15) is 12.6 Å². The van der Waals surface area contributed by atoms with Crippen molar-refractivity contribution in [2.75, 3.05) is 17.1 Å². The van der Waals surface area contributed by atoms with Gasteiger partial charge in [0.25, 0.3) is 0 Å². The lowest BCUT2D eigenvalue weighted by atomic mass is 10.0. The Hall–Kier alpha value is -3.07. The molecule has 0 spiro atoms. The van der Waals surface area contributed by atoms with Crippen LogP contribution >= 0.6 is 23.2 Å². The summed E-state index contributed by atoms with van der Waals surface area (Å²) in [5.74, 6) is -0.617. The first-order chi connectivity index (χ1) is 19.8. The van der Waals surface area contributed by atoms with Crippen molar-refractivity contribution in [3.05, 3.63) is 99.5 Å². The van der Waals surface area contributed by atoms with E-state index in [1.165, 1.54) is 4.90 Å². The zero-order valence-corrected chi connectivity index (χ0v) is 27.0. The molecule has 2 atom stereocenters. The molecule has 3 aromatic rings. The third-order valence-electron chi connectivity index (χ3n) is 7.15. The van der Waals surface area contributed by atoms with Gasteiger partial charge in [-0.25, -0.2) is 8.42 Å². The van der Waals surface area contributed by atoms with E-state index in [2.05, 4.69) is 5.32 Å². The van der Waals surface area contributed by atoms with E-state index in [4.69, 9.17) is 23.2 Å². The highest BCUT2D eigenvalue weighted by Crippen LogP contribution is 2.26. The molecule has 0 fully saturated rings. The van der Waals surface area contributed by atoms with Crippen molar-refractivity contribution in [3.8, 4) is 0 Å². The van der Waals surface area contributed by atoms with Gasteiger partial charge in [0, 0.05) is 29.1 Å². The van der Waals surface area contributed by atoms with Crippen LogP contribution in [0.3, 0.4) is 0 Å². The fourth-order valence-electron chi connectivity index (χ4n) is 4.47. The second-order valence-corrected chi connectivity index (χ2v) is 13.5. The number of hydrogen-bond donors (Lipinski definition) is 1. The summed E-state index contributed by atoms with van der Waals surface area (Å²) in [6, 6.07) is 20.4. The van der Waals surface area contributed by atoms with Gasteiger partial charge in [-0.1, -0.05) is 92.5 Å². The summed E-state index contributed by atoms with van der Waals surface area (Å²) in [6.07, 6.45) is 1.99. The van der Waals surface area contributed by atoms with Crippen molar-refractivity contribution in [1.29, 1.82) is 0 Å². The van der Waals surface area contributed by atoms with Gasteiger partial charge in [0.15, 0.2) is 0 Å². The van der Waals surface area contributed by atoms with Gasteiger partial charge >= 0.3 is 0 Å². The Morgan fingerprint density at radius 2 is 1.57 bits per heavy atom. The molecule has 3 aromatic carbocycles. The Bertz CT molecular complexity index is 1460. The van der Waals surface area contributed by atoms with Crippen LogP contribution < -0.4 is 9.62 Å². The number of nitrogens with zero attached hydrogens (tertiary/aromatic N) is 2. The highest BCUT2D eigenvalue weighted by atomic mass is 35.5. The zero-order valence-electron chi connectivity index (χ0n) is 24.7. The maximum atomic E-state index is 14.2. The van der Waals surface area contributed by atoms with E-state index in [1.807, 2.05) is 70.2 Å². The van der Waals surface area contributed by atoms with E-state index in [0.29, 0.717) is 27.7 Å². The molecule has 3 rings (SSSR count). The van der Waals surface area contributed by atoms with Gasteiger partial charge in [-0.3, -0.25) is 13.9 Å². The molecule has 0 aliphatic carbocycles. The second kappa shape index (κ2) is 14.9. The Morgan fingerprint density at radius 3 is 2.12 bits per heavy atom. The largest absolute Gasteiger partial charge is 0.352 e. The summed E-state index contributed by atoms with van der Waals surface area (Å²) >= 11 is 12.6. The first-order valence-corrected chi connectivity index (χ1v) is 16.6. The first-order valence-electron chi connectivity index (χ1n) is 14.0. The van der Waals surface area contributed by atoms with Crippen LogP contribution in [-0.2, 0) is 32.6 Å². The van der Waals surface area contributed by atoms with Crippen LogP contribution in [0.1, 0.15) is 56.7 Å². The standard InChI is InChI=1S/C32H39Cl2N3O4S/c1-6-23(4)35-32(39)30(18-24-10-8-7-9-11-24)36(20-26-12-15-27(33)19-29(26)34)31(38)21-37(42(5,40)41)28-16-13-25(14-17-28)22(2)3/h7-17,19,22-23,30H,6,18,20-21H2,1-5H3,(H,35,39)/t23-,30+/m0/s1. The van der Waals surface area contributed by atoms with E-state index >= 15 is 0 Å². The van der Waals surface area contributed by atoms with E-state index in [-0.39, 0.29) is 30.8 Å². The Kier molecular flexibility index (Phi) is 11.9. The van der Waals surface area contributed by atoms with Gasteiger partial charge in [-0.2, -0.15) is 0 Å². The summed E-state index contributed by atoms with van der Waals surface area (Å²) in [4.78, 5) is 29.4. The van der Waals surface area contributed by atoms with Crippen LogP contribution in [0, 0.1) is 0 Å². The third kappa shape index (κ3) is 9.21. The van der Waals surface area contributed by atoms with Crippen molar-refractivity contribution < 1.29 is 18.0 Å². The lowest BCUT2D eigenvalue weighted by Crippen LogP contribution is -2.54. The molecule has 0 heterocycles. The number of amides is 2. The molecule has 0 saturated heterocycles. The molecule has 0 saturated carbocycles. The SMILES string of the molecule is CC[C@H](C)NC(=O)[C@@H](Cc1ccccc1)N(Cc1ccc(Cl)cc1Cl)C(=O)CN(c1ccc(C(C)C)cc1)S(C)(=O)=O. The van der Waals surface area contributed by atoms with Crippen LogP contribution in [0.5, 0.6) is 0 Å². The van der Waals surface area contributed by atoms with Crippen molar-refractivity contribution >= 4 is 50.7 Å². The number of rotatable bonds is 13. The molecule has 0 radical (unpaired) electrons. The number of halogens is 2. The summed E-state index contributed by atoms with van der Waals surface area (Å²) in [6.45, 7) is 7.43. The number of carbonyl (C=O) groups is 2. The molecule has 0 aliphatic rings. The molecule has 0 unspecified atom stereocenters. The number of carbonyl (C=O) groups excluding carboxylic acids is 2. The summed E-state index contributed by atoms with van der Waals surface area (Å²) in [5, 5.41) is 3.78. The number of nitrogens with one attached hydrogen (secondary N) is 1. The predicted octanol–water partition coefficient (Wildman–Crippen LogP) is 6.44. The van der Waals surface area contributed by atoms with E-state index < -0.39 is 28.5 Å². The van der Waals surface area contributed by atoms with Crippen molar-refractivity contribution in [3.63, 3.8) is 0 Å². The van der Waals surface area contributed by atoms with E-state index in [1.54, 1.807) is 30.3 Å². The van der Waals surface area contributed by atoms with Gasteiger partial charge in [0.05, 0.1) is 11.9 Å². The van der Waals surface area contributed by atoms with Crippen LogP contribution in [0.2, 0.25) is 10.0 Å². The van der Waals surface area contributed by atoms with Crippen molar-refractivity contribution in [1.82, 2.24) is 10.2 Å². The maximum Gasteiger partial charge on any atom is 0.244 e. The molecule has 1 N–H and O–H groups in total. The molecule has 7 nitrogen and oxygen atoms in total. The molecule has 226 valence electrons. The van der Waals surface area contributed by atoms with Crippen LogP contribution in [0.4, 0.5) is 5.69 Å². The summed E-state index contributed by atoms with van der Waals surface area (Å²) < 4.78 is 27.0. The van der Waals surface area contributed by atoms with Gasteiger partial charge < -0.3 is 10.2 Å². The quantitative estimate of drug-likeness (QED) is 0.235. The van der Waals surface area contributed by atoms with Crippen LogP contribution in [0.25, 0.3) is 0 Å². The molecule has 2 amide bonds. The van der Waals surface area contributed by atoms with Crippen molar-refractivity contribution in [2.45, 2.75) is 65.1 Å². The lowest BCUT2D eigenvalue weighted by Gasteiger charge is -2.34. The Balaban J connectivity index is 2.08. The fourth-order valence-corrected chi connectivity index (χ4v) is 5.79. The maximum absolute atomic E-state index is 14.2. The molecule has 0 aliphatic heterocycles. The summed E-state index contributed by atoms with van der Waals surface area (Å²) in [7, 11) is -3.85. The van der Waals surface area contributed by atoms with Crippen LogP contribution in [0.15, 0.2) is 72.8 Å². The molecule has 10 heteroatoms. The minimum atomic E-state index is -3.85. The van der Waals surface area contributed by atoms with E-state index in [0.717, 1.165) is 21.7 Å². The third-order valence-corrected chi connectivity index (χ3v) is 8.88. The topological polar surface area (TPSA) is 86.8 Å². The average Bonchev–Trinajstić information content (AvgIpc) is 2.94. The minimum absolute atomic E-state index is 0.0237. The van der Waals surface area contributed by atoms with Gasteiger partial charge in [-0.15, -0.1) is 0 Å². The average molecular weight is 633 g/mol. The highest BCUT2D eigenvalue weighted by molar-refractivity contribution is 7.92. The van der Waals surface area contributed by atoms with Gasteiger partial charge in [-0.05, 0) is 60.2 Å². The monoisotopic (exact) mass is 631 g/mol. The number of anilines is 1. The number of sulfonamides is 1. The highest BCUT2D eigenvalue weighted by Gasteiger charge is 2.33. The Morgan fingerprint density at radius 1 is 0.929 bits per heavy atom. The number of benzene rings is 3. The minimum Gasteiger partial charge on any atom is -0.352 e. The van der Waals surface area contributed by atoms with Crippen molar-refractivity contribution in [2.24, 2.45) is 0 Å². The normalized spacial score (nSPS) is 13.0. The second-order valence-electron chi connectivity index (χ2n) is 10.8. The Labute approximate surface area is 259 Å². The predicted molar refractivity (Wildman–Crippen MR) is 172 cm³/mol. The molecule has 0 aromatic heterocycles. The summed E-state index contributed by atoms with van der Waals surface area (Å²) in [5.41, 5.74) is 2.84. The molecule has 42 heavy (non-hydrogen) atoms. The van der Waals surface area contributed by atoms with Crippen LogP contribution in [-0.4, -0.2) is 50.0 Å². The van der Waals surface area contributed by atoms with Gasteiger partial charge in [0.2, 0.25) is 21.8 Å².